The van der Waals surface area contributed by atoms with Crippen LogP contribution in [0.2, 0.25) is 0 Å². The van der Waals surface area contributed by atoms with Gasteiger partial charge in [-0.15, -0.1) is 0 Å². The molecule has 0 bridgehead atoms. The van der Waals surface area contributed by atoms with Gasteiger partial charge in [0.1, 0.15) is 17.6 Å². The average molecular weight is 345 g/mol. The van der Waals surface area contributed by atoms with Crippen molar-refractivity contribution in [3.63, 3.8) is 0 Å². The number of carbonyl (C=O) groups excluding carboxylic acids is 1. The van der Waals surface area contributed by atoms with Gasteiger partial charge in [-0.3, -0.25) is 14.2 Å². The first kappa shape index (κ1) is 16.7. The lowest BCUT2D eigenvalue weighted by Gasteiger charge is -2.18. The quantitative estimate of drug-likeness (QED) is 0.596. The molecule has 0 radical (unpaired) electrons. The molecule has 0 saturated heterocycles. The normalized spacial score (nSPS) is 13.7. The van der Waals surface area contributed by atoms with Crippen molar-refractivity contribution in [2.45, 2.75) is 19.1 Å². The summed E-state index contributed by atoms with van der Waals surface area (Å²) in [5.41, 5.74) is -1.66. The molecule has 0 fully saturated rings. The van der Waals surface area contributed by atoms with Crippen LogP contribution in [0.3, 0.4) is 0 Å². The number of hydrogen-bond donors (Lipinski definition) is 3. The van der Waals surface area contributed by atoms with Crippen molar-refractivity contribution in [3.8, 4) is 0 Å². The summed E-state index contributed by atoms with van der Waals surface area (Å²) in [6, 6.07) is 7.05. The molecular formula is C16H15N3O6. The lowest BCUT2D eigenvalue weighted by Crippen LogP contribution is -2.47. The van der Waals surface area contributed by atoms with Crippen LogP contribution in [0.4, 0.5) is 0 Å². The molecular weight excluding hydrogens is 330 g/mol. The highest BCUT2D eigenvalue weighted by atomic mass is 16.4. The molecule has 0 spiro atoms. The molecule has 9 heteroatoms. The van der Waals surface area contributed by atoms with Crippen molar-refractivity contribution in [1.82, 2.24) is 14.9 Å². The fraction of sp³-hybridized carbons (Fsp3) is 0.250. The molecule has 3 rings (SSSR count). The summed E-state index contributed by atoms with van der Waals surface area (Å²) in [5.74, 6) is -2.10. The lowest BCUT2D eigenvalue weighted by atomic mass is 10.1. The zero-order valence-corrected chi connectivity index (χ0v) is 13.2. The third-order valence-electron chi connectivity index (χ3n) is 3.76. The van der Waals surface area contributed by atoms with Crippen molar-refractivity contribution >= 4 is 33.9 Å². The van der Waals surface area contributed by atoms with Gasteiger partial charge in [0.05, 0.1) is 12.9 Å². The second-order valence-electron chi connectivity index (χ2n) is 5.81. The number of carboxylic acids is 1. The van der Waals surface area contributed by atoms with Gasteiger partial charge in [-0.05, 0) is 19.1 Å². The number of furan rings is 1. The number of amides is 1. The highest BCUT2D eigenvalue weighted by molar-refractivity contribution is 6.01. The summed E-state index contributed by atoms with van der Waals surface area (Å²) in [4.78, 5) is 39.3. The molecule has 130 valence electrons. The maximum Gasteiger partial charge on any atom is 0.337 e. The van der Waals surface area contributed by atoms with E-state index in [-0.39, 0.29) is 12.1 Å². The summed E-state index contributed by atoms with van der Waals surface area (Å²) < 4.78 is 6.56. The SMILES string of the molecule is CC(O)(CNC(=O)Cn1cnc2c(oc3ccccc32)c1=O)C(=O)O. The second kappa shape index (κ2) is 6.02. The Kier molecular flexibility index (Phi) is 4.01. The topological polar surface area (TPSA) is 135 Å². The third-order valence-corrected chi connectivity index (χ3v) is 3.76. The van der Waals surface area contributed by atoms with Crippen molar-refractivity contribution in [3.05, 3.63) is 40.9 Å². The van der Waals surface area contributed by atoms with E-state index in [1.807, 2.05) is 0 Å². The summed E-state index contributed by atoms with van der Waals surface area (Å²) in [6.45, 7) is 0.189. The maximum atomic E-state index is 12.4. The number of para-hydroxylation sites is 1. The van der Waals surface area contributed by atoms with Crippen molar-refractivity contribution in [1.29, 1.82) is 0 Å². The second-order valence-corrected chi connectivity index (χ2v) is 5.81. The van der Waals surface area contributed by atoms with Crippen molar-refractivity contribution < 1.29 is 24.2 Å². The largest absolute Gasteiger partial charge is 0.479 e. The zero-order valence-electron chi connectivity index (χ0n) is 13.2. The molecule has 2 heterocycles. The Morgan fingerprint density at radius 3 is 2.80 bits per heavy atom. The Morgan fingerprint density at radius 2 is 2.08 bits per heavy atom. The molecule has 3 N–H and O–H groups in total. The number of aromatic nitrogens is 2. The first-order valence-corrected chi connectivity index (χ1v) is 7.39. The first-order chi connectivity index (χ1) is 11.8. The van der Waals surface area contributed by atoms with E-state index in [0.717, 1.165) is 11.5 Å². The van der Waals surface area contributed by atoms with Gasteiger partial charge in [0.15, 0.2) is 5.60 Å². The van der Waals surface area contributed by atoms with Crippen LogP contribution in [0, 0.1) is 0 Å². The van der Waals surface area contributed by atoms with Crippen molar-refractivity contribution in [2.24, 2.45) is 0 Å². The van der Waals surface area contributed by atoms with Gasteiger partial charge in [-0.25, -0.2) is 9.78 Å². The number of carbonyl (C=O) groups is 2. The van der Waals surface area contributed by atoms with Crippen LogP contribution < -0.4 is 10.9 Å². The van der Waals surface area contributed by atoms with Crippen LogP contribution in [0.5, 0.6) is 0 Å². The minimum Gasteiger partial charge on any atom is -0.479 e. The predicted molar refractivity (Wildman–Crippen MR) is 87.0 cm³/mol. The van der Waals surface area contributed by atoms with E-state index < -0.39 is 29.6 Å². The summed E-state index contributed by atoms with van der Waals surface area (Å²) in [7, 11) is 0. The standard InChI is InChI=1S/C16H15N3O6/c1-16(24,15(22)23)7-17-11(20)6-19-8-18-12-9-4-2-3-5-10(9)25-13(12)14(19)21/h2-5,8,24H,6-7H2,1H3,(H,17,20)(H,22,23). The number of benzene rings is 1. The molecule has 0 aliphatic rings. The van der Waals surface area contributed by atoms with E-state index in [1.54, 1.807) is 24.3 Å². The minimum absolute atomic E-state index is 0.0361. The van der Waals surface area contributed by atoms with Gasteiger partial charge in [0, 0.05) is 5.39 Å². The Morgan fingerprint density at radius 1 is 1.36 bits per heavy atom. The van der Waals surface area contributed by atoms with E-state index in [9.17, 15) is 19.5 Å². The van der Waals surface area contributed by atoms with E-state index in [2.05, 4.69) is 10.3 Å². The summed E-state index contributed by atoms with van der Waals surface area (Å²) >= 11 is 0. The van der Waals surface area contributed by atoms with Gasteiger partial charge in [-0.1, -0.05) is 12.1 Å². The third kappa shape index (κ3) is 3.09. The van der Waals surface area contributed by atoms with Gasteiger partial charge < -0.3 is 19.9 Å². The molecule has 25 heavy (non-hydrogen) atoms. The minimum atomic E-state index is -2.10. The van der Waals surface area contributed by atoms with E-state index in [1.165, 1.54) is 6.33 Å². The predicted octanol–water partition coefficient (Wildman–Crippen LogP) is 0.0945. The molecule has 2 aromatic heterocycles. The van der Waals surface area contributed by atoms with Gasteiger partial charge in [-0.2, -0.15) is 0 Å². The van der Waals surface area contributed by atoms with Crippen LogP contribution in [0.1, 0.15) is 6.92 Å². The number of carboxylic acid groups (broad SMARTS) is 1. The average Bonchev–Trinajstić information content (AvgIpc) is 2.95. The summed E-state index contributed by atoms with van der Waals surface area (Å²) in [5, 5.41) is 21.3. The van der Waals surface area contributed by atoms with Crippen LogP contribution in [0.15, 0.2) is 39.8 Å². The number of aliphatic carboxylic acids is 1. The van der Waals surface area contributed by atoms with Gasteiger partial charge in [0.25, 0.3) is 5.56 Å². The number of fused-ring (bicyclic) bond motifs is 3. The highest BCUT2D eigenvalue weighted by Crippen LogP contribution is 2.23. The molecule has 1 amide bonds. The molecule has 0 aliphatic carbocycles. The van der Waals surface area contributed by atoms with Crippen LogP contribution >= 0.6 is 0 Å². The van der Waals surface area contributed by atoms with Crippen LogP contribution in [-0.4, -0.2) is 43.8 Å². The van der Waals surface area contributed by atoms with Crippen molar-refractivity contribution in [2.75, 3.05) is 6.54 Å². The molecule has 0 aliphatic heterocycles. The fourth-order valence-corrected chi connectivity index (χ4v) is 2.28. The maximum absolute atomic E-state index is 12.4. The summed E-state index contributed by atoms with van der Waals surface area (Å²) in [6.07, 6.45) is 1.22. The zero-order chi connectivity index (χ0) is 18.2. The Bertz CT molecular complexity index is 1030. The fourth-order valence-electron chi connectivity index (χ4n) is 2.28. The molecule has 9 nitrogen and oxygen atoms in total. The molecule has 1 unspecified atom stereocenters. The van der Waals surface area contributed by atoms with Gasteiger partial charge in [0.2, 0.25) is 11.5 Å². The number of rotatable bonds is 5. The number of hydrogen-bond acceptors (Lipinski definition) is 6. The Balaban J connectivity index is 1.83. The van der Waals surface area contributed by atoms with E-state index in [0.29, 0.717) is 16.5 Å². The van der Waals surface area contributed by atoms with Crippen LogP contribution in [0.25, 0.3) is 22.1 Å². The highest BCUT2D eigenvalue weighted by Gasteiger charge is 2.30. The first-order valence-electron chi connectivity index (χ1n) is 7.39. The number of aliphatic hydroxyl groups is 1. The van der Waals surface area contributed by atoms with E-state index in [4.69, 9.17) is 9.52 Å². The smallest absolute Gasteiger partial charge is 0.337 e. The number of nitrogens with one attached hydrogen (secondary N) is 1. The Hall–Kier alpha value is -3.20. The molecule has 1 atom stereocenters. The van der Waals surface area contributed by atoms with Crippen LogP contribution in [-0.2, 0) is 16.1 Å². The molecule has 0 saturated carbocycles. The molecule has 3 aromatic rings. The van der Waals surface area contributed by atoms with E-state index >= 15 is 0 Å². The molecule has 1 aromatic carbocycles. The lowest BCUT2D eigenvalue weighted by molar-refractivity contribution is -0.156. The monoisotopic (exact) mass is 345 g/mol. The number of nitrogens with zero attached hydrogens (tertiary/aromatic N) is 2. The Labute approximate surface area is 140 Å². The van der Waals surface area contributed by atoms with Gasteiger partial charge >= 0.3 is 5.97 Å².